The third-order valence-electron chi connectivity index (χ3n) is 3.64. The van der Waals surface area contributed by atoms with Gasteiger partial charge in [-0.2, -0.15) is 0 Å². The number of nitrogens with zero attached hydrogens (tertiary/aromatic N) is 3. The Kier molecular flexibility index (Phi) is 4.28. The van der Waals surface area contributed by atoms with Crippen LogP contribution in [0.15, 0.2) is 12.5 Å². The first kappa shape index (κ1) is 13.7. The van der Waals surface area contributed by atoms with Crippen LogP contribution in [0.4, 0.5) is 5.82 Å². The molecule has 7 heteroatoms. The van der Waals surface area contributed by atoms with Crippen LogP contribution in [0.5, 0.6) is 0 Å². The number of nitrogen functional groups attached to an aromatic ring is 1. The van der Waals surface area contributed by atoms with Crippen molar-refractivity contribution in [3.05, 3.63) is 18.1 Å². The van der Waals surface area contributed by atoms with Gasteiger partial charge in [-0.25, -0.2) is 15.8 Å². The lowest BCUT2D eigenvalue weighted by molar-refractivity contribution is 0.0953. The number of aromatic nitrogens is 2. The normalized spacial score (nSPS) is 23.9. The number of amides is 1. The van der Waals surface area contributed by atoms with Crippen LogP contribution < -0.4 is 16.6 Å². The van der Waals surface area contributed by atoms with E-state index in [0.29, 0.717) is 23.5 Å². The van der Waals surface area contributed by atoms with Gasteiger partial charge in [-0.1, -0.05) is 0 Å². The van der Waals surface area contributed by atoms with Crippen LogP contribution in [-0.4, -0.2) is 46.5 Å². The molecule has 1 aromatic heterocycles. The highest BCUT2D eigenvalue weighted by molar-refractivity contribution is 5.98. The van der Waals surface area contributed by atoms with Crippen molar-refractivity contribution in [2.45, 2.75) is 31.8 Å². The number of nitrogens with two attached hydrogens (primary N) is 1. The van der Waals surface area contributed by atoms with Gasteiger partial charge in [-0.15, -0.1) is 0 Å². The minimum Gasteiger partial charge on any atom is -0.366 e. The predicted molar refractivity (Wildman–Crippen MR) is 72.4 cm³/mol. The fourth-order valence-electron chi connectivity index (χ4n) is 2.30. The smallest absolute Gasteiger partial charge is 0.270 e. The number of carbonyl (C=O) groups excluding carboxylic acids is 1. The van der Waals surface area contributed by atoms with E-state index in [1.807, 2.05) is 0 Å². The van der Waals surface area contributed by atoms with Crippen LogP contribution in [0.1, 0.15) is 30.1 Å². The summed E-state index contributed by atoms with van der Waals surface area (Å²) < 4.78 is 0. The highest BCUT2D eigenvalue weighted by Crippen LogP contribution is 2.20. The molecule has 2 heterocycles. The van der Waals surface area contributed by atoms with Gasteiger partial charge in [-0.3, -0.25) is 10.2 Å². The Balaban J connectivity index is 2.09. The molecule has 0 spiro atoms. The molecule has 1 saturated heterocycles. The third-order valence-corrected chi connectivity index (χ3v) is 3.64. The first-order valence-electron chi connectivity index (χ1n) is 6.39. The number of hydrogen-bond acceptors (Lipinski definition) is 6. The van der Waals surface area contributed by atoms with Gasteiger partial charge in [0.2, 0.25) is 0 Å². The van der Waals surface area contributed by atoms with Crippen molar-refractivity contribution in [1.82, 2.24) is 20.3 Å². The van der Waals surface area contributed by atoms with Crippen molar-refractivity contribution in [1.29, 1.82) is 0 Å². The molecule has 1 aliphatic rings. The van der Waals surface area contributed by atoms with Gasteiger partial charge >= 0.3 is 0 Å². The minimum atomic E-state index is -0.385. The second-order valence-electron chi connectivity index (χ2n) is 4.95. The average molecular weight is 264 g/mol. The van der Waals surface area contributed by atoms with E-state index in [-0.39, 0.29) is 5.91 Å². The molecular weight excluding hydrogens is 244 g/mol. The number of carbonyl (C=O) groups is 1. The Morgan fingerprint density at radius 2 is 2.37 bits per heavy atom. The Hall–Kier alpha value is -1.73. The van der Waals surface area contributed by atoms with Crippen LogP contribution in [0.25, 0.3) is 0 Å². The molecule has 2 rings (SSSR count). The van der Waals surface area contributed by atoms with Crippen molar-refractivity contribution in [2.24, 2.45) is 5.84 Å². The van der Waals surface area contributed by atoms with Gasteiger partial charge in [-0.05, 0) is 26.8 Å². The van der Waals surface area contributed by atoms with Crippen LogP contribution in [0, 0.1) is 0 Å². The summed E-state index contributed by atoms with van der Waals surface area (Å²) in [5.74, 6) is 5.31. The Morgan fingerprint density at radius 1 is 1.58 bits per heavy atom. The Labute approximate surface area is 112 Å². The van der Waals surface area contributed by atoms with Crippen LogP contribution in [0.3, 0.4) is 0 Å². The summed E-state index contributed by atoms with van der Waals surface area (Å²) in [6, 6.07) is 0.824. The largest absolute Gasteiger partial charge is 0.366 e. The highest BCUT2D eigenvalue weighted by atomic mass is 16.2. The van der Waals surface area contributed by atoms with E-state index in [2.05, 4.69) is 39.6 Å². The van der Waals surface area contributed by atoms with Crippen molar-refractivity contribution in [2.75, 3.05) is 18.9 Å². The SMILES string of the molecule is CC1CC(Nc2ncncc2C(=O)NN)CCN1C. The maximum atomic E-state index is 11.6. The first-order chi connectivity index (χ1) is 9.11. The molecule has 4 N–H and O–H groups in total. The summed E-state index contributed by atoms with van der Waals surface area (Å²) in [5.41, 5.74) is 2.48. The number of hydrazine groups is 1. The fourth-order valence-corrected chi connectivity index (χ4v) is 2.30. The number of piperidine rings is 1. The Bertz CT molecular complexity index is 452. The van der Waals surface area contributed by atoms with E-state index < -0.39 is 0 Å². The van der Waals surface area contributed by atoms with Crippen molar-refractivity contribution < 1.29 is 4.79 Å². The summed E-state index contributed by atoms with van der Waals surface area (Å²) in [5, 5.41) is 3.32. The van der Waals surface area contributed by atoms with Crippen molar-refractivity contribution in [3.8, 4) is 0 Å². The second kappa shape index (κ2) is 5.94. The van der Waals surface area contributed by atoms with E-state index in [0.717, 1.165) is 19.4 Å². The molecule has 1 fully saturated rings. The summed E-state index contributed by atoms with van der Waals surface area (Å²) in [6.07, 6.45) is 4.93. The minimum absolute atomic E-state index is 0.311. The second-order valence-corrected chi connectivity index (χ2v) is 4.95. The van der Waals surface area contributed by atoms with Crippen LogP contribution in [0.2, 0.25) is 0 Å². The zero-order valence-electron chi connectivity index (χ0n) is 11.3. The fraction of sp³-hybridized carbons (Fsp3) is 0.583. The van der Waals surface area contributed by atoms with E-state index in [1.54, 1.807) is 0 Å². The van der Waals surface area contributed by atoms with Gasteiger partial charge in [0.05, 0.1) is 0 Å². The molecule has 0 bridgehead atoms. The van der Waals surface area contributed by atoms with Gasteiger partial charge < -0.3 is 10.2 Å². The molecule has 2 unspecified atom stereocenters. The number of anilines is 1. The summed E-state index contributed by atoms with van der Waals surface area (Å²) in [4.78, 5) is 21.9. The van der Waals surface area contributed by atoms with Crippen LogP contribution in [-0.2, 0) is 0 Å². The maximum absolute atomic E-state index is 11.6. The predicted octanol–water partition coefficient (Wildman–Crippen LogP) is -0.0253. The molecule has 19 heavy (non-hydrogen) atoms. The monoisotopic (exact) mass is 264 g/mol. The molecule has 0 aromatic carbocycles. The lowest BCUT2D eigenvalue weighted by atomic mass is 9.99. The van der Waals surface area contributed by atoms with E-state index in [4.69, 9.17) is 5.84 Å². The summed E-state index contributed by atoms with van der Waals surface area (Å²) >= 11 is 0. The van der Waals surface area contributed by atoms with Gasteiger partial charge in [0.15, 0.2) is 0 Å². The summed E-state index contributed by atoms with van der Waals surface area (Å²) in [7, 11) is 2.12. The zero-order valence-corrected chi connectivity index (χ0v) is 11.3. The summed E-state index contributed by atoms with van der Waals surface area (Å²) in [6.45, 7) is 3.23. The molecule has 0 saturated carbocycles. The molecule has 0 aliphatic carbocycles. The van der Waals surface area contributed by atoms with Crippen molar-refractivity contribution >= 4 is 11.7 Å². The molecular formula is C12H20N6O. The number of rotatable bonds is 3. The topological polar surface area (TPSA) is 96.2 Å². The number of nitrogens with one attached hydrogen (secondary N) is 2. The lowest BCUT2D eigenvalue weighted by Crippen LogP contribution is -2.43. The Morgan fingerprint density at radius 3 is 3.05 bits per heavy atom. The molecule has 1 amide bonds. The van der Waals surface area contributed by atoms with E-state index in [1.165, 1.54) is 12.5 Å². The van der Waals surface area contributed by atoms with E-state index >= 15 is 0 Å². The standard InChI is InChI=1S/C12H20N6O/c1-8-5-9(3-4-18(8)2)16-11-10(12(19)17-13)6-14-7-15-11/h6-9H,3-5,13H2,1-2H3,(H,17,19)(H,14,15,16). The lowest BCUT2D eigenvalue weighted by Gasteiger charge is -2.35. The number of likely N-dealkylation sites (tertiary alicyclic amines) is 1. The molecule has 2 atom stereocenters. The van der Waals surface area contributed by atoms with Crippen molar-refractivity contribution in [3.63, 3.8) is 0 Å². The van der Waals surface area contributed by atoms with Gasteiger partial charge in [0.1, 0.15) is 17.7 Å². The zero-order chi connectivity index (χ0) is 13.8. The average Bonchev–Trinajstić information content (AvgIpc) is 2.43. The van der Waals surface area contributed by atoms with Gasteiger partial charge in [0, 0.05) is 24.8 Å². The quantitative estimate of drug-likeness (QED) is 0.403. The maximum Gasteiger partial charge on any atom is 0.270 e. The molecule has 7 nitrogen and oxygen atoms in total. The van der Waals surface area contributed by atoms with E-state index in [9.17, 15) is 4.79 Å². The molecule has 1 aromatic rings. The highest BCUT2D eigenvalue weighted by Gasteiger charge is 2.24. The van der Waals surface area contributed by atoms with Crippen LogP contribution >= 0.6 is 0 Å². The molecule has 0 radical (unpaired) electrons. The number of hydrogen-bond donors (Lipinski definition) is 3. The molecule has 1 aliphatic heterocycles. The third kappa shape index (κ3) is 3.18. The first-order valence-corrected chi connectivity index (χ1v) is 6.39. The van der Waals surface area contributed by atoms with Gasteiger partial charge in [0.25, 0.3) is 5.91 Å². The molecule has 104 valence electrons.